The van der Waals surface area contributed by atoms with E-state index >= 15 is 0 Å². The number of ether oxygens (including phenoxy) is 1. The Bertz CT molecular complexity index is 1040. The first kappa shape index (κ1) is 16.7. The van der Waals surface area contributed by atoms with Gasteiger partial charge in [0.25, 0.3) is 0 Å². The Hall–Kier alpha value is -2.75. The maximum atomic E-state index is 12.0. The van der Waals surface area contributed by atoms with Crippen LogP contribution in [0.15, 0.2) is 39.5 Å². The summed E-state index contributed by atoms with van der Waals surface area (Å²) in [5.41, 5.74) is 7.20. The van der Waals surface area contributed by atoms with E-state index in [0.717, 1.165) is 28.7 Å². The van der Waals surface area contributed by atoms with E-state index in [4.69, 9.17) is 9.15 Å². The van der Waals surface area contributed by atoms with Gasteiger partial charge in [-0.2, -0.15) is 0 Å². The monoisotopic (exact) mass is 349 g/mol. The molecular weight excluding hydrogens is 326 g/mol. The molecule has 3 aromatic rings. The predicted molar refractivity (Wildman–Crippen MR) is 104 cm³/mol. The number of nitrogens with zero attached hydrogens (tertiary/aromatic N) is 1. The first-order valence-electron chi connectivity index (χ1n) is 9.02. The fourth-order valence-corrected chi connectivity index (χ4v) is 4.11. The summed E-state index contributed by atoms with van der Waals surface area (Å²) in [5.74, 6) is 0.799. The molecule has 0 unspecified atom stereocenters. The van der Waals surface area contributed by atoms with E-state index in [0.29, 0.717) is 18.9 Å². The molecule has 2 aromatic carbocycles. The highest BCUT2D eigenvalue weighted by Gasteiger charge is 2.24. The minimum Gasteiger partial charge on any atom is -0.473 e. The van der Waals surface area contributed by atoms with Gasteiger partial charge in [-0.1, -0.05) is 24.6 Å². The highest BCUT2D eigenvalue weighted by Crippen LogP contribution is 2.36. The lowest BCUT2D eigenvalue weighted by molar-refractivity contribution is 0.288. The number of fused-ring (bicyclic) bond motifs is 3. The smallest absolute Gasteiger partial charge is 0.336 e. The number of anilines is 1. The maximum absolute atomic E-state index is 12.0. The molecule has 0 bridgehead atoms. The molecule has 1 aliphatic heterocycles. The van der Waals surface area contributed by atoms with Crippen molar-refractivity contribution in [3.8, 4) is 5.75 Å². The molecular formula is C22H23NO3. The first-order valence-corrected chi connectivity index (χ1v) is 9.02. The van der Waals surface area contributed by atoms with Crippen molar-refractivity contribution in [1.82, 2.24) is 0 Å². The van der Waals surface area contributed by atoms with Crippen molar-refractivity contribution in [3.05, 3.63) is 68.6 Å². The van der Waals surface area contributed by atoms with Gasteiger partial charge in [-0.25, -0.2) is 4.79 Å². The third kappa shape index (κ3) is 2.66. The van der Waals surface area contributed by atoms with Crippen LogP contribution in [0.3, 0.4) is 0 Å². The van der Waals surface area contributed by atoms with E-state index in [2.05, 4.69) is 44.7 Å². The van der Waals surface area contributed by atoms with Crippen molar-refractivity contribution in [1.29, 1.82) is 0 Å². The van der Waals surface area contributed by atoms with E-state index in [9.17, 15) is 4.79 Å². The molecule has 4 nitrogen and oxygen atoms in total. The van der Waals surface area contributed by atoms with Crippen LogP contribution >= 0.6 is 0 Å². The van der Waals surface area contributed by atoms with Crippen LogP contribution in [0.5, 0.6) is 5.75 Å². The Morgan fingerprint density at radius 1 is 1.08 bits per heavy atom. The molecule has 134 valence electrons. The summed E-state index contributed by atoms with van der Waals surface area (Å²) in [7, 11) is 0. The van der Waals surface area contributed by atoms with Crippen molar-refractivity contribution in [2.24, 2.45) is 0 Å². The SMILES string of the molecule is CCc1cc(=O)oc2c3c(ccc12)OCN(c1c(C)cc(C)cc1C)C3. The molecule has 0 spiro atoms. The Balaban J connectivity index is 1.86. The summed E-state index contributed by atoms with van der Waals surface area (Å²) in [6.07, 6.45) is 0.793. The van der Waals surface area contributed by atoms with Gasteiger partial charge in [0, 0.05) is 17.1 Å². The van der Waals surface area contributed by atoms with Gasteiger partial charge in [0.1, 0.15) is 11.3 Å². The minimum atomic E-state index is -0.303. The van der Waals surface area contributed by atoms with Gasteiger partial charge in [0.15, 0.2) is 6.73 Å². The van der Waals surface area contributed by atoms with Crippen LogP contribution in [0.4, 0.5) is 5.69 Å². The maximum Gasteiger partial charge on any atom is 0.336 e. The molecule has 0 radical (unpaired) electrons. The Labute approximate surface area is 153 Å². The quantitative estimate of drug-likeness (QED) is 0.632. The Morgan fingerprint density at radius 2 is 1.81 bits per heavy atom. The summed E-state index contributed by atoms with van der Waals surface area (Å²) in [4.78, 5) is 14.2. The largest absolute Gasteiger partial charge is 0.473 e. The van der Waals surface area contributed by atoms with Gasteiger partial charge >= 0.3 is 5.63 Å². The van der Waals surface area contributed by atoms with Crippen LogP contribution < -0.4 is 15.3 Å². The summed E-state index contributed by atoms with van der Waals surface area (Å²) >= 11 is 0. The summed E-state index contributed by atoms with van der Waals surface area (Å²) in [6.45, 7) is 9.57. The molecule has 4 heteroatoms. The molecule has 0 aliphatic carbocycles. The van der Waals surface area contributed by atoms with Crippen molar-refractivity contribution < 1.29 is 9.15 Å². The highest BCUT2D eigenvalue weighted by atomic mass is 16.5. The zero-order valence-corrected chi connectivity index (χ0v) is 15.7. The molecule has 0 fully saturated rings. The van der Waals surface area contributed by atoms with Crippen LogP contribution in [0, 0.1) is 20.8 Å². The van der Waals surface area contributed by atoms with E-state index in [1.165, 1.54) is 22.4 Å². The lowest BCUT2D eigenvalue weighted by Gasteiger charge is -2.33. The Kier molecular flexibility index (Phi) is 3.98. The average Bonchev–Trinajstić information content (AvgIpc) is 2.60. The van der Waals surface area contributed by atoms with Crippen LogP contribution in [0.2, 0.25) is 0 Å². The first-order chi connectivity index (χ1) is 12.5. The van der Waals surface area contributed by atoms with E-state index < -0.39 is 0 Å². The fraction of sp³-hybridized carbons (Fsp3) is 0.318. The van der Waals surface area contributed by atoms with Crippen LogP contribution in [0.1, 0.15) is 34.7 Å². The van der Waals surface area contributed by atoms with Gasteiger partial charge in [-0.05, 0) is 56.0 Å². The predicted octanol–water partition coefficient (Wildman–Crippen LogP) is 4.64. The van der Waals surface area contributed by atoms with Crippen LogP contribution in [-0.4, -0.2) is 6.73 Å². The minimum absolute atomic E-state index is 0.303. The number of hydrogen-bond acceptors (Lipinski definition) is 4. The Morgan fingerprint density at radius 3 is 2.50 bits per heavy atom. The lowest BCUT2D eigenvalue weighted by atomic mass is 10.0. The lowest BCUT2D eigenvalue weighted by Crippen LogP contribution is -2.33. The second kappa shape index (κ2) is 6.20. The van der Waals surface area contributed by atoms with Crippen LogP contribution in [-0.2, 0) is 13.0 Å². The van der Waals surface area contributed by atoms with Gasteiger partial charge < -0.3 is 14.1 Å². The summed E-state index contributed by atoms with van der Waals surface area (Å²) in [5, 5.41) is 0.994. The molecule has 0 N–H and O–H groups in total. The summed E-state index contributed by atoms with van der Waals surface area (Å²) in [6, 6.07) is 9.95. The van der Waals surface area contributed by atoms with Gasteiger partial charge in [0.05, 0.1) is 12.1 Å². The molecule has 1 aromatic heterocycles. The number of benzene rings is 2. The van der Waals surface area contributed by atoms with Crippen molar-refractivity contribution in [2.75, 3.05) is 11.6 Å². The molecule has 2 heterocycles. The van der Waals surface area contributed by atoms with E-state index in [1.54, 1.807) is 6.07 Å². The third-order valence-electron chi connectivity index (χ3n) is 5.12. The average molecular weight is 349 g/mol. The van der Waals surface area contributed by atoms with Gasteiger partial charge in [0.2, 0.25) is 0 Å². The van der Waals surface area contributed by atoms with Crippen molar-refractivity contribution in [2.45, 2.75) is 40.7 Å². The molecule has 0 atom stereocenters. The van der Waals surface area contributed by atoms with Gasteiger partial charge in [-0.3, -0.25) is 0 Å². The zero-order chi connectivity index (χ0) is 18.4. The molecule has 0 saturated heterocycles. The molecule has 0 saturated carbocycles. The standard InChI is InChI=1S/C22H23NO3/c1-5-16-10-20(24)26-22-17(16)6-7-19-18(22)11-23(12-25-19)21-14(3)8-13(2)9-15(21)4/h6-10H,5,11-12H2,1-4H3. The van der Waals surface area contributed by atoms with Crippen molar-refractivity contribution in [3.63, 3.8) is 0 Å². The number of rotatable bonds is 2. The molecule has 26 heavy (non-hydrogen) atoms. The molecule has 1 aliphatic rings. The van der Waals surface area contributed by atoms with Gasteiger partial charge in [-0.15, -0.1) is 0 Å². The molecule has 0 amide bonds. The second-order valence-corrected chi connectivity index (χ2v) is 7.08. The van der Waals surface area contributed by atoms with E-state index in [-0.39, 0.29) is 5.63 Å². The third-order valence-corrected chi connectivity index (χ3v) is 5.12. The van der Waals surface area contributed by atoms with Crippen LogP contribution in [0.25, 0.3) is 11.0 Å². The van der Waals surface area contributed by atoms with Crippen molar-refractivity contribution >= 4 is 16.7 Å². The molecule has 4 rings (SSSR count). The summed E-state index contributed by atoms with van der Waals surface area (Å²) < 4.78 is 11.6. The van der Waals surface area contributed by atoms with E-state index in [1.807, 2.05) is 12.1 Å². The zero-order valence-electron chi connectivity index (χ0n) is 15.7. The fourth-order valence-electron chi connectivity index (χ4n) is 4.11. The number of aryl methyl sites for hydroxylation is 4. The normalized spacial score (nSPS) is 13.6. The second-order valence-electron chi connectivity index (χ2n) is 7.08. The highest BCUT2D eigenvalue weighted by molar-refractivity contribution is 5.86. The topological polar surface area (TPSA) is 42.7 Å². The number of hydrogen-bond donors (Lipinski definition) is 0.